The number of benzene rings is 2. The molecular weight excluding hydrogens is 473 g/mol. The van der Waals surface area contributed by atoms with Crippen LogP contribution in [0.5, 0.6) is 17.2 Å². The largest absolute Gasteiger partial charge is 0.512 e. The molecule has 0 saturated carbocycles. The Hall–Kier alpha value is -3.72. The van der Waals surface area contributed by atoms with Crippen LogP contribution in [0.25, 0.3) is 0 Å². The molecule has 0 bridgehead atoms. The van der Waals surface area contributed by atoms with Crippen molar-refractivity contribution in [1.29, 1.82) is 0 Å². The van der Waals surface area contributed by atoms with Crippen molar-refractivity contribution in [2.24, 2.45) is 0 Å². The number of amides is 1. The first-order valence-corrected chi connectivity index (χ1v) is 10.5. The van der Waals surface area contributed by atoms with E-state index in [1.807, 2.05) is 0 Å². The molecule has 0 radical (unpaired) electrons. The van der Waals surface area contributed by atoms with Crippen molar-refractivity contribution in [3.05, 3.63) is 88.8 Å². The molecule has 1 aliphatic heterocycles. The van der Waals surface area contributed by atoms with E-state index < -0.39 is 17.8 Å². The molecule has 10 heteroatoms. The lowest BCUT2D eigenvalue weighted by Gasteiger charge is -2.26. The first kappa shape index (κ1) is 23.4. The van der Waals surface area contributed by atoms with Crippen LogP contribution in [-0.4, -0.2) is 22.6 Å². The second-order valence-corrected chi connectivity index (χ2v) is 7.90. The third kappa shape index (κ3) is 5.09. The third-order valence-corrected chi connectivity index (χ3v) is 5.43. The van der Waals surface area contributed by atoms with Crippen molar-refractivity contribution in [1.82, 2.24) is 4.98 Å². The van der Waals surface area contributed by atoms with Crippen LogP contribution < -0.4 is 14.8 Å². The smallest absolute Gasteiger partial charge is 0.433 e. The number of rotatable bonds is 5. The molecule has 4 rings (SSSR count). The van der Waals surface area contributed by atoms with Gasteiger partial charge >= 0.3 is 6.18 Å². The summed E-state index contributed by atoms with van der Waals surface area (Å²) in [6.45, 7) is 4.01. The van der Waals surface area contributed by atoms with E-state index in [1.54, 1.807) is 12.1 Å². The van der Waals surface area contributed by atoms with Crippen molar-refractivity contribution >= 4 is 23.3 Å². The van der Waals surface area contributed by atoms with Gasteiger partial charge in [0.05, 0.1) is 17.4 Å². The molecule has 1 amide bonds. The van der Waals surface area contributed by atoms with Gasteiger partial charge in [-0.15, -0.1) is 0 Å². The fourth-order valence-corrected chi connectivity index (χ4v) is 3.68. The quantitative estimate of drug-likeness (QED) is 0.387. The maximum atomic E-state index is 12.8. The van der Waals surface area contributed by atoms with Crippen LogP contribution in [0, 0.1) is 0 Å². The standard InChI is InChI=1S/C24H18ClF3N2O4/c1-13(31)16-9-10-33-19-12-20(18(25)11-17(16)19)34-15-7-5-14(6-8-15)23(32)30-22-4-2-3-21(29-22)24(26,27)28/h2-8,11-12,16,31H,1,9-10H2,(H,29,30,32). The minimum atomic E-state index is -4.62. The summed E-state index contributed by atoms with van der Waals surface area (Å²) in [5.41, 5.74) is -0.198. The summed E-state index contributed by atoms with van der Waals surface area (Å²) in [5, 5.41) is 12.5. The van der Waals surface area contributed by atoms with Crippen LogP contribution in [-0.2, 0) is 6.18 Å². The summed E-state index contributed by atoms with van der Waals surface area (Å²) in [6.07, 6.45) is -4.03. The maximum Gasteiger partial charge on any atom is 0.433 e. The zero-order chi connectivity index (χ0) is 24.5. The predicted molar refractivity (Wildman–Crippen MR) is 120 cm³/mol. The highest BCUT2D eigenvalue weighted by atomic mass is 35.5. The lowest BCUT2D eigenvalue weighted by Crippen LogP contribution is -2.15. The van der Waals surface area contributed by atoms with E-state index in [0.29, 0.717) is 40.9 Å². The molecule has 0 saturated heterocycles. The zero-order valence-corrected chi connectivity index (χ0v) is 18.3. The van der Waals surface area contributed by atoms with Crippen molar-refractivity contribution in [3.63, 3.8) is 0 Å². The molecule has 2 heterocycles. The monoisotopic (exact) mass is 490 g/mol. The van der Waals surface area contributed by atoms with Crippen molar-refractivity contribution in [2.75, 3.05) is 11.9 Å². The Morgan fingerprint density at radius 3 is 2.62 bits per heavy atom. The van der Waals surface area contributed by atoms with E-state index >= 15 is 0 Å². The highest BCUT2D eigenvalue weighted by Crippen LogP contribution is 2.43. The number of ether oxygens (including phenoxy) is 2. The van der Waals surface area contributed by atoms with Crippen LogP contribution in [0.3, 0.4) is 0 Å². The van der Waals surface area contributed by atoms with Gasteiger partial charge in [-0.2, -0.15) is 13.2 Å². The minimum Gasteiger partial charge on any atom is -0.512 e. The predicted octanol–water partition coefficient (Wildman–Crippen LogP) is 6.74. The molecule has 2 aromatic carbocycles. The molecule has 2 N–H and O–H groups in total. The number of carbonyl (C=O) groups is 1. The highest BCUT2D eigenvalue weighted by Gasteiger charge is 2.32. The van der Waals surface area contributed by atoms with Crippen molar-refractivity contribution < 1.29 is 32.5 Å². The zero-order valence-electron chi connectivity index (χ0n) is 17.5. The highest BCUT2D eigenvalue weighted by molar-refractivity contribution is 6.32. The number of pyridine rings is 1. The number of aliphatic hydroxyl groups is 1. The first-order valence-electron chi connectivity index (χ1n) is 10.1. The number of aliphatic hydroxyl groups excluding tert-OH is 1. The average Bonchev–Trinajstić information content (AvgIpc) is 2.79. The Bertz CT molecular complexity index is 1250. The summed E-state index contributed by atoms with van der Waals surface area (Å²) in [7, 11) is 0. The average molecular weight is 491 g/mol. The summed E-state index contributed by atoms with van der Waals surface area (Å²) in [4.78, 5) is 15.8. The van der Waals surface area contributed by atoms with Gasteiger partial charge in [0, 0.05) is 23.1 Å². The topological polar surface area (TPSA) is 80.7 Å². The van der Waals surface area contributed by atoms with Gasteiger partial charge in [-0.3, -0.25) is 4.79 Å². The SMILES string of the molecule is C=C(O)C1CCOc2cc(Oc3ccc(C(=O)Nc4cccc(C(F)(F)F)n4)cc3)c(Cl)cc21. The Balaban J connectivity index is 1.47. The number of aromatic nitrogens is 1. The number of halogens is 4. The molecule has 0 aliphatic carbocycles. The number of anilines is 1. The van der Waals surface area contributed by atoms with Crippen LogP contribution in [0.1, 0.15) is 34.0 Å². The summed E-state index contributed by atoms with van der Waals surface area (Å²) < 4.78 is 49.9. The Morgan fingerprint density at radius 2 is 1.94 bits per heavy atom. The molecule has 1 aliphatic rings. The third-order valence-electron chi connectivity index (χ3n) is 5.13. The lowest BCUT2D eigenvalue weighted by molar-refractivity contribution is -0.141. The Labute approximate surface area is 197 Å². The van der Waals surface area contributed by atoms with Gasteiger partial charge in [-0.05, 0) is 48.9 Å². The fourth-order valence-electron chi connectivity index (χ4n) is 3.47. The fraction of sp³-hybridized carbons (Fsp3) is 0.167. The van der Waals surface area contributed by atoms with Gasteiger partial charge in [0.2, 0.25) is 0 Å². The number of nitrogens with zero attached hydrogens (tertiary/aromatic N) is 1. The van der Waals surface area contributed by atoms with Gasteiger partial charge < -0.3 is 19.9 Å². The van der Waals surface area contributed by atoms with Gasteiger partial charge in [-0.25, -0.2) is 4.98 Å². The van der Waals surface area contributed by atoms with E-state index in [-0.39, 0.29) is 23.1 Å². The number of alkyl halides is 3. The van der Waals surface area contributed by atoms with Gasteiger partial charge in [-0.1, -0.05) is 24.2 Å². The Kier molecular flexibility index (Phi) is 6.39. The number of hydrogen-bond acceptors (Lipinski definition) is 5. The molecule has 1 unspecified atom stereocenters. The number of nitrogens with one attached hydrogen (secondary N) is 1. The van der Waals surface area contributed by atoms with Gasteiger partial charge in [0.25, 0.3) is 5.91 Å². The molecule has 1 atom stereocenters. The van der Waals surface area contributed by atoms with Gasteiger partial charge in [0.1, 0.15) is 28.8 Å². The molecular formula is C24H18ClF3N2O4. The first-order chi connectivity index (χ1) is 16.1. The molecule has 34 heavy (non-hydrogen) atoms. The van der Waals surface area contributed by atoms with Crippen molar-refractivity contribution in [2.45, 2.75) is 18.5 Å². The van der Waals surface area contributed by atoms with Crippen molar-refractivity contribution in [3.8, 4) is 17.2 Å². The second-order valence-electron chi connectivity index (χ2n) is 7.49. The van der Waals surface area contributed by atoms with E-state index in [4.69, 9.17) is 21.1 Å². The number of fused-ring (bicyclic) bond motifs is 1. The van der Waals surface area contributed by atoms with Crippen LogP contribution in [0.15, 0.2) is 66.9 Å². The van der Waals surface area contributed by atoms with E-state index in [2.05, 4.69) is 16.9 Å². The number of carbonyl (C=O) groups excluding carboxylic acids is 1. The molecule has 176 valence electrons. The van der Waals surface area contributed by atoms with Crippen LogP contribution in [0.4, 0.5) is 19.0 Å². The molecule has 3 aromatic rings. The van der Waals surface area contributed by atoms with Crippen LogP contribution >= 0.6 is 11.6 Å². The van der Waals surface area contributed by atoms with E-state index in [0.717, 1.165) is 12.1 Å². The summed E-state index contributed by atoms with van der Waals surface area (Å²) in [5.74, 6) is 0.113. The Morgan fingerprint density at radius 1 is 1.21 bits per heavy atom. The summed E-state index contributed by atoms with van der Waals surface area (Å²) >= 11 is 6.35. The maximum absolute atomic E-state index is 12.8. The second kappa shape index (κ2) is 9.26. The molecule has 0 spiro atoms. The number of hydrogen-bond donors (Lipinski definition) is 2. The van der Waals surface area contributed by atoms with Crippen LogP contribution in [0.2, 0.25) is 5.02 Å². The molecule has 6 nitrogen and oxygen atoms in total. The molecule has 0 fully saturated rings. The lowest BCUT2D eigenvalue weighted by atomic mass is 9.92. The van der Waals surface area contributed by atoms with E-state index in [9.17, 15) is 23.1 Å². The van der Waals surface area contributed by atoms with Gasteiger partial charge in [0.15, 0.2) is 0 Å². The minimum absolute atomic E-state index is 0.0310. The molecule has 1 aromatic heterocycles. The summed E-state index contributed by atoms with van der Waals surface area (Å²) in [6, 6.07) is 12.5. The number of allylic oxidation sites excluding steroid dienone is 1. The van der Waals surface area contributed by atoms with E-state index in [1.165, 1.54) is 30.3 Å². The normalized spacial score (nSPS) is 15.1.